The predicted octanol–water partition coefficient (Wildman–Crippen LogP) is 3.68. The van der Waals surface area contributed by atoms with Gasteiger partial charge in [0.25, 0.3) is 0 Å². The van der Waals surface area contributed by atoms with Gasteiger partial charge in [0, 0.05) is 28.0 Å². The number of hydrogen-bond acceptors (Lipinski definition) is 6. The second-order valence-corrected chi connectivity index (χ2v) is 6.83. The molecule has 0 heterocycles. The lowest BCUT2D eigenvalue weighted by atomic mass is 9.92. The van der Waals surface area contributed by atoms with Crippen LogP contribution in [0.2, 0.25) is 0 Å². The second-order valence-electron chi connectivity index (χ2n) is 5.71. The van der Waals surface area contributed by atoms with Gasteiger partial charge in [0.15, 0.2) is 0 Å². The van der Waals surface area contributed by atoms with Crippen LogP contribution in [0.5, 0.6) is 0 Å². The van der Waals surface area contributed by atoms with Gasteiger partial charge in [-0.1, -0.05) is 23.9 Å². The molecule has 138 valence electrons. The number of anilines is 1. The fourth-order valence-corrected chi connectivity index (χ4v) is 3.77. The first-order chi connectivity index (χ1) is 13.0. The summed E-state index contributed by atoms with van der Waals surface area (Å²) < 4.78 is 10.2. The van der Waals surface area contributed by atoms with Gasteiger partial charge in [0.2, 0.25) is 29.0 Å². The van der Waals surface area contributed by atoms with E-state index in [0.717, 1.165) is 4.90 Å². The van der Waals surface area contributed by atoms with Crippen LogP contribution < -0.4 is 5.32 Å². The molecule has 1 N–H and O–H groups in total. The minimum Gasteiger partial charge on any atom is -0.489 e. The van der Waals surface area contributed by atoms with E-state index in [4.69, 9.17) is 9.47 Å². The summed E-state index contributed by atoms with van der Waals surface area (Å²) in [5.41, 5.74) is 1.27. The molecular formula is C20H17NO5S. The Morgan fingerprint density at radius 3 is 2.15 bits per heavy atom. The number of Topliss-reactive ketones (excluding diaryl/α,β-unsaturated/α-hetero) is 2. The molecule has 0 atom stereocenters. The molecule has 1 aliphatic carbocycles. The molecule has 6 nitrogen and oxygen atoms in total. The van der Waals surface area contributed by atoms with E-state index in [0.29, 0.717) is 16.1 Å². The summed E-state index contributed by atoms with van der Waals surface area (Å²) >= 11 is 1.35. The van der Waals surface area contributed by atoms with Crippen LogP contribution in [0.3, 0.4) is 0 Å². The van der Waals surface area contributed by atoms with Gasteiger partial charge in [0.1, 0.15) is 0 Å². The SMILES string of the molecule is COC1=C(OC)C(=O)c2c(Sc3ccc(NC(C)=O)cc3)cccc2C1=O. The Morgan fingerprint density at radius 1 is 0.926 bits per heavy atom. The number of ketones is 2. The number of hydrogen-bond donors (Lipinski definition) is 1. The summed E-state index contributed by atoms with van der Waals surface area (Å²) in [6.07, 6.45) is 0. The van der Waals surface area contributed by atoms with Gasteiger partial charge in [-0.15, -0.1) is 0 Å². The maximum absolute atomic E-state index is 12.9. The molecule has 1 aliphatic rings. The number of carbonyl (C=O) groups is 3. The average Bonchev–Trinajstić information content (AvgIpc) is 2.65. The molecule has 0 bridgehead atoms. The monoisotopic (exact) mass is 383 g/mol. The van der Waals surface area contributed by atoms with Gasteiger partial charge in [-0.3, -0.25) is 14.4 Å². The number of carbonyl (C=O) groups excluding carboxylic acids is 3. The lowest BCUT2D eigenvalue weighted by Crippen LogP contribution is -2.24. The zero-order valence-electron chi connectivity index (χ0n) is 15.0. The van der Waals surface area contributed by atoms with E-state index >= 15 is 0 Å². The maximum atomic E-state index is 12.9. The van der Waals surface area contributed by atoms with Crippen molar-refractivity contribution in [2.75, 3.05) is 19.5 Å². The molecule has 0 fully saturated rings. The fourth-order valence-electron chi connectivity index (χ4n) is 2.79. The standard InChI is InChI=1S/C20H17NO5S/c1-11(22)21-12-7-9-13(10-8-12)27-15-6-4-5-14-16(15)18(24)20(26-3)19(25-2)17(14)23/h4-10H,1-3H3,(H,21,22). The summed E-state index contributed by atoms with van der Waals surface area (Å²) in [6, 6.07) is 12.3. The number of amides is 1. The lowest BCUT2D eigenvalue weighted by molar-refractivity contribution is -0.114. The molecule has 7 heteroatoms. The molecule has 0 spiro atoms. The number of nitrogens with one attached hydrogen (secondary N) is 1. The molecule has 2 aromatic rings. The third kappa shape index (κ3) is 3.59. The molecular weight excluding hydrogens is 366 g/mol. The smallest absolute Gasteiger partial charge is 0.233 e. The fraction of sp³-hybridized carbons (Fsp3) is 0.150. The van der Waals surface area contributed by atoms with E-state index in [-0.39, 0.29) is 34.6 Å². The Morgan fingerprint density at radius 2 is 1.56 bits per heavy atom. The molecule has 0 saturated carbocycles. The number of allylic oxidation sites excluding steroid dienone is 2. The van der Waals surface area contributed by atoms with Crippen LogP contribution in [0.15, 0.2) is 63.8 Å². The normalized spacial score (nSPS) is 13.3. The first-order valence-corrected chi connectivity index (χ1v) is 8.88. The topological polar surface area (TPSA) is 81.7 Å². The molecule has 3 rings (SSSR count). The second kappa shape index (κ2) is 7.67. The summed E-state index contributed by atoms with van der Waals surface area (Å²) in [6.45, 7) is 1.44. The number of fused-ring (bicyclic) bond motifs is 1. The predicted molar refractivity (Wildman–Crippen MR) is 101 cm³/mol. The van der Waals surface area contributed by atoms with Gasteiger partial charge in [-0.2, -0.15) is 0 Å². The summed E-state index contributed by atoms with van der Waals surface area (Å²) in [7, 11) is 2.67. The van der Waals surface area contributed by atoms with Crippen molar-refractivity contribution in [1.29, 1.82) is 0 Å². The van der Waals surface area contributed by atoms with E-state index in [9.17, 15) is 14.4 Å². The third-order valence-electron chi connectivity index (χ3n) is 3.93. The zero-order valence-corrected chi connectivity index (χ0v) is 15.8. The highest BCUT2D eigenvalue weighted by Gasteiger charge is 2.36. The molecule has 0 radical (unpaired) electrons. The summed E-state index contributed by atoms with van der Waals surface area (Å²) in [5, 5.41) is 2.70. The molecule has 27 heavy (non-hydrogen) atoms. The molecule has 0 aliphatic heterocycles. The van der Waals surface area contributed by atoms with Crippen molar-refractivity contribution >= 4 is 34.9 Å². The minimum atomic E-state index is -0.387. The first kappa shape index (κ1) is 18.7. The molecule has 1 amide bonds. The minimum absolute atomic E-state index is 0.0863. The Hall–Kier alpha value is -3.06. The molecule has 0 saturated heterocycles. The maximum Gasteiger partial charge on any atom is 0.233 e. The van der Waals surface area contributed by atoms with E-state index in [2.05, 4.69) is 5.32 Å². The highest BCUT2D eigenvalue weighted by atomic mass is 32.2. The van der Waals surface area contributed by atoms with Gasteiger partial charge in [-0.05, 0) is 30.3 Å². The number of rotatable bonds is 5. The van der Waals surface area contributed by atoms with Gasteiger partial charge < -0.3 is 14.8 Å². The Kier molecular flexibility index (Phi) is 5.32. The van der Waals surface area contributed by atoms with E-state index in [1.165, 1.54) is 32.9 Å². The Labute approximate surface area is 160 Å². The van der Waals surface area contributed by atoms with Crippen LogP contribution in [0.4, 0.5) is 5.69 Å². The first-order valence-electron chi connectivity index (χ1n) is 8.06. The largest absolute Gasteiger partial charge is 0.489 e. The number of benzene rings is 2. The van der Waals surface area contributed by atoms with Crippen LogP contribution in [0.25, 0.3) is 0 Å². The lowest BCUT2D eigenvalue weighted by Gasteiger charge is -2.20. The zero-order chi connectivity index (χ0) is 19.6. The van der Waals surface area contributed by atoms with Crippen LogP contribution in [-0.4, -0.2) is 31.7 Å². The van der Waals surface area contributed by atoms with Crippen molar-refractivity contribution in [3.05, 3.63) is 65.1 Å². The van der Waals surface area contributed by atoms with Crippen LogP contribution >= 0.6 is 11.8 Å². The van der Waals surface area contributed by atoms with Crippen molar-refractivity contribution in [2.24, 2.45) is 0 Å². The van der Waals surface area contributed by atoms with Crippen molar-refractivity contribution in [3.8, 4) is 0 Å². The van der Waals surface area contributed by atoms with Gasteiger partial charge >= 0.3 is 0 Å². The average molecular weight is 383 g/mol. The van der Waals surface area contributed by atoms with Crippen molar-refractivity contribution in [3.63, 3.8) is 0 Å². The Bertz CT molecular complexity index is 963. The quantitative estimate of drug-likeness (QED) is 0.848. The molecule has 0 aromatic heterocycles. The van der Waals surface area contributed by atoms with E-state index < -0.39 is 0 Å². The van der Waals surface area contributed by atoms with E-state index in [1.54, 1.807) is 30.3 Å². The third-order valence-corrected chi connectivity index (χ3v) is 5.00. The number of ether oxygens (including phenoxy) is 2. The Balaban J connectivity index is 1.97. The van der Waals surface area contributed by atoms with Crippen molar-refractivity contribution in [2.45, 2.75) is 16.7 Å². The highest BCUT2D eigenvalue weighted by Crippen LogP contribution is 2.37. The summed E-state index contributed by atoms with van der Waals surface area (Å²) in [4.78, 5) is 38.1. The number of methoxy groups -OCH3 is 2. The summed E-state index contributed by atoms with van der Waals surface area (Å²) in [5.74, 6) is -1.10. The molecule has 0 unspecified atom stereocenters. The van der Waals surface area contributed by atoms with Crippen LogP contribution in [0, 0.1) is 0 Å². The highest BCUT2D eigenvalue weighted by molar-refractivity contribution is 7.99. The van der Waals surface area contributed by atoms with Crippen LogP contribution in [0.1, 0.15) is 27.6 Å². The van der Waals surface area contributed by atoms with Gasteiger partial charge in [0.05, 0.1) is 19.8 Å². The van der Waals surface area contributed by atoms with Gasteiger partial charge in [-0.25, -0.2) is 0 Å². The van der Waals surface area contributed by atoms with Crippen molar-refractivity contribution < 1.29 is 23.9 Å². The van der Waals surface area contributed by atoms with E-state index in [1.807, 2.05) is 12.1 Å². The van der Waals surface area contributed by atoms with Crippen LogP contribution in [-0.2, 0) is 14.3 Å². The van der Waals surface area contributed by atoms with Crippen molar-refractivity contribution in [1.82, 2.24) is 0 Å². The molecule has 2 aromatic carbocycles.